The molecule has 0 spiro atoms. The number of imide groups is 1. The van der Waals surface area contributed by atoms with E-state index in [0.717, 1.165) is 10.5 Å². The van der Waals surface area contributed by atoms with Gasteiger partial charge in [-0.2, -0.15) is 0 Å². The number of aryl methyl sites for hydroxylation is 2. The Morgan fingerprint density at radius 1 is 1.10 bits per heavy atom. The molecule has 1 aliphatic heterocycles. The van der Waals surface area contributed by atoms with E-state index in [0.29, 0.717) is 16.8 Å². The van der Waals surface area contributed by atoms with E-state index < -0.39 is 35.4 Å². The molecular formula is C21H22N4O5. The molecule has 1 saturated heterocycles. The highest BCUT2D eigenvalue weighted by atomic mass is 16.6. The first-order chi connectivity index (χ1) is 14.1. The van der Waals surface area contributed by atoms with Crippen LogP contribution in [-0.2, 0) is 9.59 Å². The third kappa shape index (κ3) is 3.73. The van der Waals surface area contributed by atoms with E-state index in [4.69, 9.17) is 0 Å². The Bertz CT molecular complexity index is 1050. The van der Waals surface area contributed by atoms with E-state index in [1.165, 1.54) is 11.0 Å². The van der Waals surface area contributed by atoms with Gasteiger partial charge >= 0.3 is 6.03 Å². The van der Waals surface area contributed by atoms with Gasteiger partial charge in [0.1, 0.15) is 18.3 Å². The number of hydrogen-bond donors (Lipinski definition) is 1. The van der Waals surface area contributed by atoms with Crippen LogP contribution >= 0.6 is 0 Å². The fourth-order valence-corrected chi connectivity index (χ4v) is 3.38. The van der Waals surface area contributed by atoms with Gasteiger partial charge in [0.15, 0.2) is 0 Å². The SMILES string of the molecule is Cc1ccc(N2C(=O)N(CC(=O)Nc3ccc(C)c(C)c3[N+](=O)[O-])C(=O)[C@@H]2C)cc1. The zero-order chi connectivity index (χ0) is 22.2. The van der Waals surface area contributed by atoms with E-state index in [1.807, 2.05) is 19.1 Å². The number of nitro benzene ring substituents is 1. The molecule has 0 bridgehead atoms. The zero-order valence-electron chi connectivity index (χ0n) is 17.1. The van der Waals surface area contributed by atoms with Crippen LogP contribution in [0.5, 0.6) is 0 Å². The summed E-state index contributed by atoms with van der Waals surface area (Å²) >= 11 is 0. The van der Waals surface area contributed by atoms with Gasteiger partial charge in [-0.15, -0.1) is 0 Å². The molecule has 0 radical (unpaired) electrons. The molecule has 1 fully saturated rings. The molecule has 9 heteroatoms. The fourth-order valence-electron chi connectivity index (χ4n) is 3.38. The number of amides is 4. The molecule has 4 amide bonds. The predicted octanol–water partition coefficient (Wildman–Crippen LogP) is 3.32. The van der Waals surface area contributed by atoms with Crippen molar-refractivity contribution in [3.8, 4) is 0 Å². The first-order valence-corrected chi connectivity index (χ1v) is 9.37. The second-order valence-electron chi connectivity index (χ2n) is 7.30. The summed E-state index contributed by atoms with van der Waals surface area (Å²) in [5, 5.41) is 13.9. The summed E-state index contributed by atoms with van der Waals surface area (Å²) in [5.74, 6) is -1.20. The molecule has 1 aliphatic rings. The Kier molecular flexibility index (Phi) is 5.55. The molecule has 1 heterocycles. The van der Waals surface area contributed by atoms with E-state index in [-0.39, 0.29) is 11.4 Å². The molecule has 2 aromatic carbocycles. The lowest BCUT2D eigenvalue weighted by Crippen LogP contribution is -2.39. The summed E-state index contributed by atoms with van der Waals surface area (Å²) in [6.45, 7) is 6.29. The minimum absolute atomic E-state index is 0.0237. The second-order valence-corrected chi connectivity index (χ2v) is 7.30. The lowest BCUT2D eigenvalue weighted by Gasteiger charge is -2.19. The minimum atomic E-state index is -0.760. The van der Waals surface area contributed by atoms with E-state index >= 15 is 0 Å². The number of rotatable bonds is 5. The summed E-state index contributed by atoms with van der Waals surface area (Å²) < 4.78 is 0. The van der Waals surface area contributed by atoms with E-state index in [9.17, 15) is 24.5 Å². The molecule has 156 valence electrons. The second kappa shape index (κ2) is 7.94. The molecule has 1 atom stereocenters. The van der Waals surface area contributed by atoms with Crippen LogP contribution in [0.25, 0.3) is 0 Å². The number of urea groups is 1. The fraction of sp³-hybridized carbons (Fsp3) is 0.286. The average molecular weight is 410 g/mol. The van der Waals surface area contributed by atoms with Crippen LogP contribution < -0.4 is 10.2 Å². The van der Waals surface area contributed by atoms with E-state index in [2.05, 4.69) is 5.32 Å². The smallest absolute Gasteiger partial charge is 0.319 e. The van der Waals surface area contributed by atoms with Crippen molar-refractivity contribution in [2.24, 2.45) is 0 Å². The number of nitrogens with one attached hydrogen (secondary N) is 1. The van der Waals surface area contributed by atoms with Gasteiger partial charge in [-0.25, -0.2) is 4.79 Å². The Labute approximate surface area is 173 Å². The van der Waals surface area contributed by atoms with Crippen molar-refractivity contribution in [1.82, 2.24) is 4.90 Å². The van der Waals surface area contributed by atoms with Crippen LogP contribution in [0.1, 0.15) is 23.6 Å². The van der Waals surface area contributed by atoms with Crippen LogP contribution in [0.4, 0.5) is 21.9 Å². The minimum Gasteiger partial charge on any atom is -0.319 e. The van der Waals surface area contributed by atoms with Crippen LogP contribution in [0.15, 0.2) is 36.4 Å². The number of anilines is 2. The van der Waals surface area contributed by atoms with Crippen molar-refractivity contribution in [3.63, 3.8) is 0 Å². The van der Waals surface area contributed by atoms with Crippen molar-refractivity contribution < 1.29 is 19.3 Å². The highest BCUT2D eigenvalue weighted by molar-refractivity contribution is 6.16. The van der Waals surface area contributed by atoms with Gasteiger partial charge in [-0.1, -0.05) is 23.8 Å². The standard InChI is InChI=1S/C21H22N4O5/c1-12-5-8-16(9-6-12)24-15(4)20(27)23(21(24)28)11-18(26)22-17-10-7-13(2)14(3)19(17)25(29)30/h5-10,15H,11H2,1-4H3,(H,22,26)/t15-/m0/s1. The molecule has 30 heavy (non-hydrogen) atoms. The topological polar surface area (TPSA) is 113 Å². The molecule has 0 saturated carbocycles. The summed E-state index contributed by atoms with van der Waals surface area (Å²) in [7, 11) is 0. The summed E-state index contributed by atoms with van der Waals surface area (Å²) in [6.07, 6.45) is 0. The predicted molar refractivity (Wildman–Crippen MR) is 111 cm³/mol. The monoisotopic (exact) mass is 410 g/mol. The van der Waals surface area contributed by atoms with Crippen molar-refractivity contribution in [1.29, 1.82) is 0 Å². The maximum Gasteiger partial charge on any atom is 0.332 e. The summed E-state index contributed by atoms with van der Waals surface area (Å²) in [6, 6.07) is 8.85. The molecule has 0 aromatic heterocycles. The maximum absolute atomic E-state index is 12.8. The molecule has 3 rings (SSSR count). The van der Waals surface area contributed by atoms with Gasteiger partial charge in [-0.3, -0.25) is 29.5 Å². The summed E-state index contributed by atoms with van der Waals surface area (Å²) in [4.78, 5) is 51.0. The average Bonchev–Trinajstić information content (AvgIpc) is 2.89. The Morgan fingerprint density at radius 3 is 2.33 bits per heavy atom. The van der Waals surface area contributed by atoms with Gasteiger partial charge < -0.3 is 5.32 Å². The number of benzene rings is 2. The van der Waals surface area contributed by atoms with Gasteiger partial charge in [0.25, 0.3) is 11.6 Å². The normalized spacial score (nSPS) is 16.2. The van der Waals surface area contributed by atoms with Gasteiger partial charge in [0.05, 0.1) is 4.92 Å². The number of carbonyl (C=O) groups excluding carboxylic acids is 3. The molecule has 2 aromatic rings. The van der Waals surface area contributed by atoms with Gasteiger partial charge in [0, 0.05) is 11.3 Å². The maximum atomic E-state index is 12.8. The number of carbonyl (C=O) groups is 3. The number of hydrogen-bond acceptors (Lipinski definition) is 5. The highest BCUT2D eigenvalue weighted by Gasteiger charge is 2.44. The molecular weight excluding hydrogens is 388 g/mol. The first kappa shape index (κ1) is 21.0. The third-order valence-electron chi connectivity index (χ3n) is 5.22. The lowest BCUT2D eigenvalue weighted by molar-refractivity contribution is -0.384. The summed E-state index contributed by atoms with van der Waals surface area (Å²) in [5.41, 5.74) is 2.53. The Hall–Kier alpha value is -3.75. The van der Waals surface area contributed by atoms with Crippen LogP contribution in [0.3, 0.4) is 0 Å². The van der Waals surface area contributed by atoms with Crippen molar-refractivity contribution in [3.05, 3.63) is 63.2 Å². The quantitative estimate of drug-likeness (QED) is 0.462. The lowest BCUT2D eigenvalue weighted by atomic mass is 10.1. The number of nitro groups is 1. The van der Waals surface area contributed by atoms with Gasteiger partial charge in [0.2, 0.25) is 5.91 Å². The third-order valence-corrected chi connectivity index (χ3v) is 5.22. The van der Waals surface area contributed by atoms with Crippen LogP contribution in [0, 0.1) is 30.9 Å². The largest absolute Gasteiger partial charge is 0.332 e. The van der Waals surface area contributed by atoms with Crippen molar-refractivity contribution in [2.45, 2.75) is 33.7 Å². The van der Waals surface area contributed by atoms with Crippen molar-refractivity contribution in [2.75, 3.05) is 16.8 Å². The van der Waals surface area contributed by atoms with E-state index in [1.54, 1.807) is 39.0 Å². The molecule has 9 nitrogen and oxygen atoms in total. The van der Waals surface area contributed by atoms with Gasteiger partial charge in [-0.05, 0) is 51.5 Å². The Morgan fingerprint density at radius 2 is 1.73 bits per heavy atom. The number of nitrogens with zero attached hydrogens (tertiary/aromatic N) is 3. The highest BCUT2D eigenvalue weighted by Crippen LogP contribution is 2.31. The van der Waals surface area contributed by atoms with Crippen molar-refractivity contribution >= 4 is 34.9 Å². The Balaban J connectivity index is 1.80. The van der Waals surface area contributed by atoms with Crippen LogP contribution in [-0.4, -0.2) is 40.3 Å². The molecule has 0 aliphatic carbocycles. The van der Waals surface area contributed by atoms with Crippen LogP contribution in [0.2, 0.25) is 0 Å². The molecule has 1 N–H and O–H groups in total. The molecule has 0 unspecified atom stereocenters. The zero-order valence-corrected chi connectivity index (χ0v) is 17.1. The first-order valence-electron chi connectivity index (χ1n) is 9.37.